The van der Waals surface area contributed by atoms with Crippen LogP contribution in [0.3, 0.4) is 0 Å². The first-order chi connectivity index (χ1) is 8.91. The molecule has 0 radical (unpaired) electrons. The predicted molar refractivity (Wildman–Crippen MR) is 76.5 cm³/mol. The summed E-state index contributed by atoms with van der Waals surface area (Å²) in [4.78, 5) is 10.9. The van der Waals surface area contributed by atoms with E-state index >= 15 is 0 Å². The number of nitrogens with zero attached hydrogens (tertiary/aromatic N) is 3. The van der Waals surface area contributed by atoms with Gasteiger partial charge in [-0.25, -0.2) is 18.4 Å². The average Bonchev–Trinajstić information content (AvgIpc) is 2.38. The van der Waals surface area contributed by atoms with E-state index in [0.717, 1.165) is 17.5 Å². The third-order valence-corrected chi connectivity index (χ3v) is 4.78. The van der Waals surface area contributed by atoms with Gasteiger partial charge in [0.15, 0.2) is 9.84 Å². The maximum Gasteiger partial charge on any atom is 0.153 e. The van der Waals surface area contributed by atoms with Crippen LogP contribution in [0.5, 0.6) is 0 Å². The SMILES string of the molecule is CNc1cc(N2CCS(=O)(=O)CC2)nc(C(C)C)n1. The molecule has 19 heavy (non-hydrogen) atoms. The Labute approximate surface area is 114 Å². The van der Waals surface area contributed by atoms with Crippen molar-refractivity contribution in [3.05, 3.63) is 11.9 Å². The van der Waals surface area contributed by atoms with Crippen molar-refractivity contribution in [2.45, 2.75) is 19.8 Å². The Morgan fingerprint density at radius 2 is 1.89 bits per heavy atom. The maximum absolute atomic E-state index is 11.5. The van der Waals surface area contributed by atoms with Gasteiger partial charge in [-0.3, -0.25) is 0 Å². The molecule has 0 aromatic carbocycles. The molecule has 1 aliphatic heterocycles. The lowest BCUT2D eigenvalue weighted by atomic mass is 10.2. The van der Waals surface area contributed by atoms with Crippen LogP contribution in [0.25, 0.3) is 0 Å². The zero-order valence-corrected chi connectivity index (χ0v) is 12.4. The molecule has 2 rings (SSSR count). The Morgan fingerprint density at radius 3 is 2.42 bits per heavy atom. The molecule has 0 unspecified atom stereocenters. The predicted octanol–water partition coefficient (Wildman–Crippen LogP) is 0.876. The molecule has 1 saturated heterocycles. The quantitative estimate of drug-likeness (QED) is 0.888. The van der Waals surface area contributed by atoms with Gasteiger partial charge in [0.05, 0.1) is 11.5 Å². The Bertz CT molecular complexity index is 543. The lowest BCUT2D eigenvalue weighted by Gasteiger charge is -2.28. The molecule has 0 spiro atoms. The molecule has 0 aliphatic carbocycles. The van der Waals surface area contributed by atoms with E-state index in [-0.39, 0.29) is 17.4 Å². The fraction of sp³-hybridized carbons (Fsp3) is 0.667. The number of rotatable bonds is 3. The lowest BCUT2D eigenvalue weighted by molar-refractivity contribution is 0.586. The minimum atomic E-state index is -2.87. The monoisotopic (exact) mass is 284 g/mol. The fourth-order valence-electron chi connectivity index (χ4n) is 1.94. The standard InChI is InChI=1S/C12H20N4O2S/c1-9(2)12-14-10(13-3)8-11(15-12)16-4-6-19(17,18)7-5-16/h8-9H,4-7H2,1-3H3,(H,13,14,15). The Hall–Kier alpha value is -1.37. The molecule has 0 amide bonds. The van der Waals surface area contributed by atoms with Gasteiger partial charge in [-0.05, 0) is 0 Å². The highest BCUT2D eigenvalue weighted by Gasteiger charge is 2.23. The van der Waals surface area contributed by atoms with Crippen molar-refractivity contribution in [3.8, 4) is 0 Å². The first-order valence-electron chi connectivity index (χ1n) is 6.43. The third kappa shape index (κ3) is 3.34. The molecular formula is C12H20N4O2S. The first kappa shape index (κ1) is 14.0. The Kier molecular flexibility index (Phi) is 3.93. The summed E-state index contributed by atoms with van der Waals surface area (Å²) in [5, 5.41) is 3.02. The molecule has 1 fully saturated rings. The summed E-state index contributed by atoms with van der Waals surface area (Å²) in [6.45, 7) is 5.08. The van der Waals surface area contributed by atoms with Gasteiger partial charge in [0.1, 0.15) is 17.5 Å². The van der Waals surface area contributed by atoms with Gasteiger partial charge >= 0.3 is 0 Å². The summed E-state index contributed by atoms with van der Waals surface area (Å²) in [6.07, 6.45) is 0. The van der Waals surface area contributed by atoms with Crippen LogP contribution in [-0.2, 0) is 9.84 Å². The molecule has 1 aliphatic rings. The van der Waals surface area contributed by atoms with Crippen molar-refractivity contribution in [1.29, 1.82) is 0 Å². The largest absolute Gasteiger partial charge is 0.373 e. The highest BCUT2D eigenvalue weighted by molar-refractivity contribution is 7.91. The van der Waals surface area contributed by atoms with Gasteiger partial charge in [-0.15, -0.1) is 0 Å². The summed E-state index contributed by atoms with van der Waals surface area (Å²) in [6, 6.07) is 1.86. The number of sulfone groups is 1. The highest BCUT2D eigenvalue weighted by Crippen LogP contribution is 2.21. The number of hydrogen-bond donors (Lipinski definition) is 1. The van der Waals surface area contributed by atoms with Crippen LogP contribution in [0, 0.1) is 0 Å². The number of anilines is 2. The number of aromatic nitrogens is 2. The summed E-state index contributed by atoms with van der Waals surface area (Å²) in [5.41, 5.74) is 0. The normalized spacial score (nSPS) is 18.6. The van der Waals surface area contributed by atoms with Crippen LogP contribution in [0.4, 0.5) is 11.6 Å². The zero-order chi connectivity index (χ0) is 14.0. The van der Waals surface area contributed by atoms with Crippen LogP contribution in [0.1, 0.15) is 25.6 Å². The summed E-state index contributed by atoms with van der Waals surface area (Å²) in [5.74, 6) is 2.97. The summed E-state index contributed by atoms with van der Waals surface area (Å²) in [7, 11) is -1.05. The lowest BCUT2D eigenvalue weighted by Crippen LogP contribution is -2.40. The smallest absolute Gasteiger partial charge is 0.153 e. The summed E-state index contributed by atoms with van der Waals surface area (Å²) >= 11 is 0. The van der Waals surface area contributed by atoms with Gasteiger partial charge < -0.3 is 10.2 Å². The highest BCUT2D eigenvalue weighted by atomic mass is 32.2. The van der Waals surface area contributed by atoms with Crippen molar-refractivity contribution in [2.24, 2.45) is 0 Å². The van der Waals surface area contributed by atoms with Crippen LogP contribution in [-0.4, -0.2) is 50.0 Å². The minimum absolute atomic E-state index is 0.197. The molecule has 1 aromatic rings. The number of hydrogen-bond acceptors (Lipinski definition) is 6. The van der Waals surface area contributed by atoms with Crippen molar-refractivity contribution >= 4 is 21.5 Å². The van der Waals surface area contributed by atoms with Crippen molar-refractivity contribution < 1.29 is 8.42 Å². The molecule has 1 aromatic heterocycles. The van der Waals surface area contributed by atoms with Gasteiger partial charge in [-0.1, -0.05) is 13.8 Å². The van der Waals surface area contributed by atoms with E-state index in [9.17, 15) is 8.42 Å². The van der Waals surface area contributed by atoms with E-state index in [2.05, 4.69) is 15.3 Å². The Balaban J connectivity index is 2.27. The average molecular weight is 284 g/mol. The summed E-state index contributed by atoms with van der Waals surface area (Å²) < 4.78 is 22.9. The Morgan fingerprint density at radius 1 is 1.26 bits per heavy atom. The van der Waals surface area contributed by atoms with Crippen molar-refractivity contribution in [1.82, 2.24) is 9.97 Å². The van der Waals surface area contributed by atoms with Crippen molar-refractivity contribution in [2.75, 3.05) is 41.9 Å². The van der Waals surface area contributed by atoms with E-state index in [1.807, 2.05) is 31.9 Å². The van der Waals surface area contributed by atoms with E-state index < -0.39 is 9.84 Å². The fourth-order valence-corrected chi connectivity index (χ4v) is 3.14. The molecule has 6 nitrogen and oxygen atoms in total. The molecule has 106 valence electrons. The van der Waals surface area contributed by atoms with Crippen LogP contribution >= 0.6 is 0 Å². The van der Waals surface area contributed by atoms with E-state index in [4.69, 9.17) is 0 Å². The second kappa shape index (κ2) is 5.32. The minimum Gasteiger partial charge on any atom is -0.373 e. The van der Waals surface area contributed by atoms with E-state index in [0.29, 0.717) is 13.1 Å². The maximum atomic E-state index is 11.5. The van der Waals surface area contributed by atoms with Gasteiger partial charge in [0.2, 0.25) is 0 Å². The number of nitrogens with one attached hydrogen (secondary N) is 1. The molecule has 2 heterocycles. The molecule has 7 heteroatoms. The second-order valence-electron chi connectivity index (χ2n) is 5.01. The first-order valence-corrected chi connectivity index (χ1v) is 8.25. The van der Waals surface area contributed by atoms with Crippen molar-refractivity contribution in [3.63, 3.8) is 0 Å². The third-order valence-electron chi connectivity index (χ3n) is 3.17. The molecule has 0 bridgehead atoms. The van der Waals surface area contributed by atoms with Crippen LogP contribution in [0.15, 0.2) is 6.07 Å². The van der Waals surface area contributed by atoms with Gasteiger partial charge in [0, 0.05) is 32.1 Å². The van der Waals surface area contributed by atoms with Crippen LogP contribution in [0.2, 0.25) is 0 Å². The second-order valence-corrected chi connectivity index (χ2v) is 7.32. The molecule has 0 atom stereocenters. The van der Waals surface area contributed by atoms with E-state index in [1.165, 1.54) is 0 Å². The molecule has 1 N–H and O–H groups in total. The molecular weight excluding hydrogens is 264 g/mol. The van der Waals surface area contributed by atoms with Gasteiger partial charge in [0.25, 0.3) is 0 Å². The zero-order valence-electron chi connectivity index (χ0n) is 11.5. The molecule has 0 saturated carbocycles. The van der Waals surface area contributed by atoms with Crippen LogP contribution < -0.4 is 10.2 Å². The van der Waals surface area contributed by atoms with E-state index in [1.54, 1.807) is 0 Å². The topological polar surface area (TPSA) is 75.2 Å². The van der Waals surface area contributed by atoms with Gasteiger partial charge in [-0.2, -0.15) is 0 Å².